The maximum absolute atomic E-state index is 12.4. The van der Waals surface area contributed by atoms with Gasteiger partial charge in [-0.15, -0.1) is 0 Å². The molecular weight excluding hydrogens is 188 g/mol. The summed E-state index contributed by atoms with van der Waals surface area (Å²) in [4.78, 5) is 3.84. The number of halogens is 2. The van der Waals surface area contributed by atoms with Crippen molar-refractivity contribution < 1.29 is 13.9 Å². The average molecular weight is 195 g/mol. The third-order valence-electron chi connectivity index (χ3n) is 2.01. The highest BCUT2D eigenvalue weighted by Crippen LogP contribution is 2.33. The minimum absolute atomic E-state index is 0.213. The van der Waals surface area contributed by atoms with Crippen molar-refractivity contribution in [3.05, 3.63) is 36.0 Å². The zero-order chi connectivity index (χ0) is 10.1. The summed E-state index contributed by atoms with van der Waals surface area (Å²) in [5.41, 5.74) is -0.165. The fraction of sp³-hybridized carbons (Fsp3) is 0.100. The third kappa shape index (κ3) is 1.28. The van der Waals surface area contributed by atoms with E-state index in [1.807, 2.05) is 0 Å². The number of phenols is 1. The summed E-state index contributed by atoms with van der Waals surface area (Å²) in [6.45, 7) is 0. The van der Waals surface area contributed by atoms with Gasteiger partial charge in [0.15, 0.2) is 5.75 Å². The van der Waals surface area contributed by atoms with Crippen LogP contribution in [0.25, 0.3) is 10.9 Å². The SMILES string of the molecule is Oc1c(C(F)F)ccc2cccnc12. The van der Waals surface area contributed by atoms with Gasteiger partial charge in [0, 0.05) is 11.6 Å². The second-order valence-electron chi connectivity index (χ2n) is 2.88. The van der Waals surface area contributed by atoms with Crippen LogP contribution in [0.1, 0.15) is 12.0 Å². The van der Waals surface area contributed by atoms with Crippen molar-refractivity contribution in [1.29, 1.82) is 0 Å². The molecular formula is C10H7F2NO. The van der Waals surface area contributed by atoms with Crippen molar-refractivity contribution >= 4 is 10.9 Å². The first-order chi connectivity index (χ1) is 6.70. The van der Waals surface area contributed by atoms with Gasteiger partial charge in [-0.1, -0.05) is 12.1 Å². The molecule has 0 spiro atoms. The second kappa shape index (κ2) is 3.21. The number of rotatable bonds is 1. The summed E-state index contributed by atoms with van der Waals surface area (Å²) in [6, 6.07) is 6.12. The van der Waals surface area contributed by atoms with E-state index in [2.05, 4.69) is 4.98 Å². The first-order valence-electron chi connectivity index (χ1n) is 4.05. The predicted molar refractivity (Wildman–Crippen MR) is 48.4 cm³/mol. The zero-order valence-electron chi connectivity index (χ0n) is 7.11. The highest BCUT2D eigenvalue weighted by Gasteiger charge is 2.15. The number of alkyl halides is 2. The van der Waals surface area contributed by atoms with Crippen molar-refractivity contribution in [3.63, 3.8) is 0 Å². The topological polar surface area (TPSA) is 33.1 Å². The number of phenolic OH excluding ortho intramolecular Hbond substituents is 1. The molecule has 14 heavy (non-hydrogen) atoms. The molecule has 0 aliphatic heterocycles. The molecule has 0 atom stereocenters. The Balaban J connectivity index is 2.75. The van der Waals surface area contributed by atoms with Gasteiger partial charge in [-0.25, -0.2) is 8.78 Å². The van der Waals surface area contributed by atoms with Crippen molar-refractivity contribution in [2.45, 2.75) is 6.43 Å². The molecule has 0 amide bonds. The molecule has 0 fully saturated rings. The lowest BCUT2D eigenvalue weighted by atomic mass is 10.1. The molecule has 72 valence electrons. The number of hydrogen-bond acceptors (Lipinski definition) is 2. The molecule has 2 aromatic rings. The number of fused-ring (bicyclic) bond motifs is 1. The van der Waals surface area contributed by atoms with Crippen LogP contribution in [0.3, 0.4) is 0 Å². The molecule has 1 N–H and O–H groups in total. The van der Waals surface area contributed by atoms with E-state index in [9.17, 15) is 13.9 Å². The quantitative estimate of drug-likeness (QED) is 0.758. The van der Waals surface area contributed by atoms with Crippen LogP contribution >= 0.6 is 0 Å². The van der Waals surface area contributed by atoms with Crippen LogP contribution in [0, 0.1) is 0 Å². The van der Waals surface area contributed by atoms with Gasteiger partial charge in [-0.3, -0.25) is 4.98 Å². The van der Waals surface area contributed by atoms with Crippen LogP contribution in [-0.4, -0.2) is 10.1 Å². The molecule has 1 heterocycles. The van der Waals surface area contributed by atoms with Gasteiger partial charge in [0.1, 0.15) is 5.52 Å². The number of hydrogen-bond donors (Lipinski definition) is 1. The van der Waals surface area contributed by atoms with Crippen LogP contribution in [0.4, 0.5) is 8.78 Å². The number of aromatic hydroxyl groups is 1. The molecule has 0 saturated heterocycles. The van der Waals surface area contributed by atoms with Crippen molar-refractivity contribution in [3.8, 4) is 5.75 Å². The summed E-state index contributed by atoms with van der Waals surface area (Å²) in [6.07, 6.45) is -1.22. The van der Waals surface area contributed by atoms with E-state index in [0.717, 1.165) is 0 Å². The van der Waals surface area contributed by atoms with Crippen molar-refractivity contribution in [2.24, 2.45) is 0 Å². The monoisotopic (exact) mass is 195 g/mol. The van der Waals surface area contributed by atoms with E-state index in [0.29, 0.717) is 5.39 Å². The molecule has 0 saturated carbocycles. The Kier molecular flexibility index (Phi) is 2.04. The highest BCUT2D eigenvalue weighted by molar-refractivity contribution is 5.85. The summed E-state index contributed by atoms with van der Waals surface area (Å²) < 4.78 is 24.7. The van der Waals surface area contributed by atoms with Crippen LogP contribution in [0.2, 0.25) is 0 Å². The maximum Gasteiger partial charge on any atom is 0.267 e. The molecule has 0 unspecified atom stereocenters. The van der Waals surface area contributed by atoms with Crippen LogP contribution in [0.5, 0.6) is 5.75 Å². The lowest BCUT2D eigenvalue weighted by Gasteiger charge is -2.05. The Labute approximate surface area is 78.8 Å². The summed E-state index contributed by atoms with van der Waals surface area (Å²) in [5, 5.41) is 10.1. The minimum atomic E-state index is -2.68. The normalized spacial score (nSPS) is 11.1. The largest absolute Gasteiger partial charge is 0.505 e. The molecule has 4 heteroatoms. The van der Waals surface area contributed by atoms with E-state index in [-0.39, 0.29) is 11.1 Å². The Morgan fingerprint density at radius 1 is 1.21 bits per heavy atom. The second-order valence-corrected chi connectivity index (χ2v) is 2.88. The number of nitrogens with zero attached hydrogens (tertiary/aromatic N) is 1. The summed E-state index contributed by atoms with van der Waals surface area (Å²) >= 11 is 0. The van der Waals surface area contributed by atoms with Gasteiger partial charge in [0.25, 0.3) is 6.43 Å². The molecule has 0 aliphatic carbocycles. The fourth-order valence-electron chi connectivity index (χ4n) is 1.32. The number of pyridine rings is 1. The Bertz CT molecular complexity index is 471. The van der Waals surface area contributed by atoms with Gasteiger partial charge in [-0.05, 0) is 12.1 Å². The molecule has 1 aromatic carbocycles. The summed E-state index contributed by atoms with van der Waals surface area (Å²) in [7, 11) is 0. The zero-order valence-corrected chi connectivity index (χ0v) is 7.11. The Hall–Kier alpha value is -1.71. The molecule has 1 aromatic heterocycles. The van der Waals surface area contributed by atoms with E-state index >= 15 is 0 Å². The van der Waals surface area contributed by atoms with Gasteiger partial charge in [-0.2, -0.15) is 0 Å². The molecule has 0 aliphatic rings. The first-order valence-corrected chi connectivity index (χ1v) is 4.05. The van der Waals surface area contributed by atoms with E-state index in [4.69, 9.17) is 0 Å². The standard InChI is InChI=1S/C10H7F2NO/c11-10(12)7-4-3-6-2-1-5-13-8(6)9(7)14/h1-5,10,14H. The lowest BCUT2D eigenvalue weighted by molar-refractivity contribution is 0.148. The van der Waals surface area contributed by atoms with Crippen LogP contribution < -0.4 is 0 Å². The van der Waals surface area contributed by atoms with Gasteiger partial charge in [0.2, 0.25) is 0 Å². The Morgan fingerprint density at radius 2 is 2.00 bits per heavy atom. The van der Waals surface area contributed by atoms with E-state index < -0.39 is 12.2 Å². The average Bonchev–Trinajstić information content (AvgIpc) is 2.18. The number of benzene rings is 1. The fourth-order valence-corrected chi connectivity index (χ4v) is 1.32. The van der Waals surface area contributed by atoms with E-state index in [1.165, 1.54) is 18.3 Å². The van der Waals surface area contributed by atoms with Crippen LogP contribution in [-0.2, 0) is 0 Å². The smallest absolute Gasteiger partial charge is 0.267 e. The van der Waals surface area contributed by atoms with E-state index in [1.54, 1.807) is 12.1 Å². The molecule has 0 bridgehead atoms. The first kappa shape index (κ1) is 8.87. The van der Waals surface area contributed by atoms with Gasteiger partial charge in [0.05, 0.1) is 5.56 Å². The third-order valence-corrected chi connectivity index (χ3v) is 2.01. The van der Waals surface area contributed by atoms with Crippen LogP contribution in [0.15, 0.2) is 30.5 Å². The number of aromatic nitrogens is 1. The van der Waals surface area contributed by atoms with Gasteiger partial charge >= 0.3 is 0 Å². The van der Waals surface area contributed by atoms with Crippen molar-refractivity contribution in [2.75, 3.05) is 0 Å². The molecule has 2 rings (SSSR count). The Morgan fingerprint density at radius 3 is 2.71 bits per heavy atom. The van der Waals surface area contributed by atoms with Gasteiger partial charge < -0.3 is 5.11 Å². The minimum Gasteiger partial charge on any atom is -0.505 e. The predicted octanol–water partition coefficient (Wildman–Crippen LogP) is 2.88. The molecule has 0 radical (unpaired) electrons. The highest BCUT2D eigenvalue weighted by atomic mass is 19.3. The summed E-state index contributed by atoms with van der Waals surface area (Å²) in [5.74, 6) is -0.432. The lowest BCUT2D eigenvalue weighted by Crippen LogP contribution is -1.87. The van der Waals surface area contributed by atoms with Crippen molar-refractivity contribution in [1.82, 2.24) is 4.98 Å². The maximum atomic E-state index is 12.4. The molecule has 2 nitrogen and oxygen atoms in total.